The largest absolute Gasteiger partial charge is 0.481 e. The van der Waals surface area contributed by atoms with Crippen molar-refractivity contribution in [3.63, 3.8) is 0 Å². The monoisotopic (exact) mass is 308 g/mol. The van der Waals surface area contributed by atoms with Gasteiger partial charge in [0.15, 0.2) is 5.13 Å². The third-order valence-electron chi connectivity index (χ3n) is 4.61. The molecule has 1 saturated carbocycles. The van der Waals surface area contributed by atoms with E-state index in [1.807, 2.05) is 0 Å². The number of carbonyl (C=O) groups is 2. The molecule has 0 unspecified atom stereocenters. The predicted octanol–water partition coefficient (Wildman–Crippen LogP) is 3.00. The zero-order valence-corrected chi connectivity index (χ0v) is 12.8. The van der Waals surface area contributed by atoms with Gasteiger partial charge in [-0.3, -0.25) is 9.59 Å². The van der Waals surface area contributed by atoms with Crippen LogP contribution in [0.2, 0.25) is 0 Å². The summed E-state index contributed by atoms with van der Waals surface area (Å²) in [5.41, 5.74) is 0.225. The van der Waals surface area contributed by atoms with Crippen molar-refractivity contribution in [2.75, 3.05) is 5.32 Å². The van der Waals surface area contributed by atoms with Gasteiger partial charge in [-0.05, 0) is 32.1 Å². The standard InChI is InChI=1S/C15H20N2O3S/c18-12(9-15(13(19)20)7-2-1-3-8-15)17-14-16-10-5-4-6-11(10)21-14/h1-9H2,(H,19,20)(H,16,17,18). The molecule has 1 amide bonds. The molecule has 5 nitrogen and oxygen atoms in total. The van der Waals surface area contributed by atoms with Crippen LogP contribution in [0.15, 0.2) is 0 Å². The highest BCUT2D eigenvalue weighted by Gasteiger charge is 2.41. The first-order valence-corrected chi connectivity index (χ1v) is 8.43. The van der Waals surface area contributed by atoms with Crippen molar-refractivity contribution in [3.8, 4) is 0 Å². The normalized spacial score (nSPS) is 20.0. The molecule has 0 radical (unpaired) electrons. The van der Waals surface area contributed by atoms with E-state index in [0.29, 0.717) is 18.0 Å². The molecule has 21 heavy (non-hydrogen) atoms. The molecule has 1 aromatic rings. The predicted molar refractivity (Wildman–Crippen MR) is 80.5 cm³/mol. The van der Waals surface area contributed by atoms with Crippen LogP contribution >= 0.6 is 11.3 Å². The maximum absolute atomic E-state index is 12.2. The second-order valence-corrected chi connectivity index (χ2v) is 7.20. The van der Waals surface area contributed by atoms with Gasteiger partial charge in [-0.1, -0.05) is 19.3 Å². The zero-order chi connectivity index (χ0) is 14.9. The zero-order valence-electron chi connectivity index (χ0n) is 12.0. The lowest BCUT2D eigenvalue weighted by atomic mass is 9.71. The summed E-state index contributed by atoms with van der Waals surface area (Å²) in [5, 5.41) is 12.9. The van der Waals surface area contributed by atoms with Crippen LogP contribution in [0.25, 0.3) is 0 Å². The second kappa shape index (κ2) is 5.75. The first-order valence-electron chi connectivity index (χ1n) is 7.61. The Morgan fingerprint density at radius 2 is 1.95 bits per heavy atom. The summed E-state index contributed by atoms with van der Waals surface area (Å²) in [7, 11) is 0. The lowest BCUT2D eigenvalue weighted by molar-refractivity contribution is -0.153. The Morgan fingerprint density at radius 1 is 1.19 bits per heavy atom. The molecule has 0 aromatic carbocycles. The number of nitrogens with one attached hydrogen (secondary N) is 1. The molecule has 114 valence electrons. The van der Waals surface area contributed by atoms with Crippen LogP contribution in [0.5, 0.6) is 0 Å². The number of thiazole rings is 1. The number of carboxylic acid groups (broad SMARTS) is 1. The number of anilines is 1. The maximum Gasteiger partial charge on any atom is 0.310 e. The van der Waals surface area contributed by atoms with Crippen molar-refractivity contribution in [1.82, 2.24) is 4.98 Å². The van der Waals surface area contributed by atoms with Crippen LogP contribution < -0.4 is 5.32 Å². The molecule has 2 aliphatic rings. The Labute approximate surface area is 127 Å². The number of carboxylic acids is 1. The Bertz CT molecular complexity index is 540. The fourth-order valence-electron chi connectivity index (χ4n) is 3.41. The minimum atomic E-state index is -0.873. The lowest BCUT2D eigenvalue weighted by Gasteiger charge is -2.32. The Balaban J connectivity index is 1.65. The van der Waals surface area contributed by atoms with Crippen LogP contribution in [0.3, 0.4) is 0 Å². The van der Waals surface area contributed by atoms with Gasteiger partial charge in [-0.25, -0.2) is 4.98 Å². The molecule has 1 aromatic heterocycles. The van der Waals surface area contributed by atoms with Crippen molar-refractivity contribution in [3.05, 3.63) is 10.6 Å². The third-order valence-corrected chi connectivity index (χ3v) is 5.68. The van der Waals surface area contributed by atoms with Crippen molar-refractivity contribution >= 4 is 28.3 Å². The van der Waals surface area contributed by atoms with Crippen LogP contribution in [0.1, 0.15) is 55.5 Å². The van der Waals surface area contributed by atoms with E-state index in [4.69, 9.17) is 0 Å². The van der Waals surface area contributed by atoms with E-state index in [-0.39, 0.29) is 12.3 Å². The molecular weight excluding hydrogens is 288 g/mol. The van der Waals surface area contributed by atoms with E-state index < -0.39 is 11.4 Å². The van der Waals surface area contributed by atoms with E-state index in [1.54, 1.807) is 0 Å². The summed E-state index contributed by atoms with van der Waals surface area (Å²) in [6.45, 7) is 0. The van der Waals surface area contributed by atoms with Gasteiger partial charge < -0.3 is 10.4 Å². The van der Waals surface area contributed by atoms with E-state index >= 15 is 0 Å². The fraction of sp³-hybridized carbons (Fsp3) is 0.667. The molecule has 1 fully saturated rings. The number of aliphatic carboxylic acids is 1. The summed E-state index contributed by atoms with van der Waals surface area (Å²) in [4.78, 5) is 29.5. The number of hydrogen-bond donors (Lipinski definition) is 2. The first-order chi connectivity index (χ1) is 10.1. The molecular formula is C15H20N2O3S. The van der Waals surface area contributed by atoms with E-state index in [0.717, 1.165) is 44.2 Å². The quantitative estimate of drug-likeness (QED) is 0.896. The summed E-state index contributed by atoms with van der Waals surface area (Å²) >= 11 is 1.53. The molecule has 0 atom stereocenters. The number of hydrogen-bond acceptors (Lipinski definition) is 4. The van der Waals surface area contributed by atoms with E-state index in [9.17, 15) is 14.7 Å². The van der Waals surface area contributed by atoms with E-state index in [1.165, 1.54) is 16.2 Å². The van der Waals surface area contributed by atoms with Gasteiger partial charge in [0.25, 0.3) is 0 Å². The SMILES string of the molecule is O=C(CC1(C(=O)O)CCCCC1)Nc1nc2c(s1)CCC2. The minimum Gasteiger partial charge on any atom is -0.481 e. The molecule has 1 heterocycles. The van der Waals surface area contributed by atoms with E-state index in [2.05, 4.69) is 10.3 Å². The molecule has 0 bridgehead atoms. The van der Waals surface area contributed by atoms with Crippen molar-refractivity contribution < 1.29 is 14.7 Å². The third kappa shape index (κ3) is 2.95. The fourth-order valence-corrected chi connectivity index (χ4v) is 4.48. The number of amides is 1. The van der Waals surface area contributed by atoms with Crippen LogP contribution in [0, 0.1) is 5.41 Å². The van der Waals surface area contributed by atoms with Crippen molar-refractivity contribution in [2.45, 2.75) is 57.8 Å². The molecule has 0 aliphatic heterocycles. The first kappa shape index (κ1) is 14.5. The summed E-state index contributed by atoms with van der Waals surface area (Å²) in [5.74, 6) is -1.05. The summed E-state index contributed by atoms with van der Waals surface area (Å²) in [6.07, 6.45) is 7.29. The smallest absolute Gasteiger partial charge is 0.310 e. The molecule has 0 saturated heterocycles. The van der Waals surface area contributed by atoms with Gasteiger partial charge in [0.05, 0.1) is 11.1 Å². The number of carbonyl (C=O) groups excluding carboxylic acids is 1. The molecule has 2 N–H and O–H groups in total. The van der Waals surface area contributed by atoms with Gasteiger partial charge in [-0.2, -0.15) is 0 Å². The number of rotatable bonds is 4. The number of nitrogens with zero attached hydrogens (tertiary/aromatic N) is 1. The average Bonchev–Trinajstić information content (AvgIpc) is 3.00. The topological polar surface area (TPSA) is 79.3 Å². The summed E-state index contributed by atoms with van der Waals surface area (Å²) in [6, 6.07) is 0. The maximum atomic E-state index is 12.2. The van der Waals surface area contributed by atoms with Crippen LogP contribution in [-0.2, 0) is 22.4 Å². The Kier molecular flexibility index (Phi) is 3.97. The molecule has 6 heteroatoms. The van der Waals surface area contributed by atoms with Crippen molar-refractivity contribution in [1.29, 1.82) is 0 Å². The molecule has 2 aliphatic carbocycles. The number of aromatic nitrogens is 1. The Hall–Kier alpha value is -1.43. The van der Waals surface area contributed by atoms with Crippen LogP contribution in [-0.4, -0.2) is 22.0 Å². The second-order valence-electron chi connectivity index (χ2n) is 6.11. The molecule has 0 spiro atoms. The van der Waals surface area contributed by atoms with Gasteiger partial charge in [0.1, 0.15) is 0 Å². The summed E-state index contributed by atoms with van der Waals surface area (Å²) < 4.78 is 0. The highest BCUT2D eigenvalue weighted by Crippen LogP contribution is 2.40. The number of fused-ring (bicyclic) bond motifs is 1. The lowest BCUT2D eigenvalue weighted by Crippen LogP contribution is -2.37. The van der Waals surface area contributed by atoms with Gasteiger partial charge in [-0.15, -0.1) is 11.3 Å². The van der Waals surface area contributed by atoms with Gasteiger partial charge in [0.2, 0.25) is 5.91 Å². The van der Waals surface area contributed by atoms with Gasteiger partial charge in [0, 0.05) is 11.3 Å². The van der Waals surface area contributed by atoms with Crippen LogP contribution in [0.4, 0.5) is 5.13 Å². The molecule has 3 rings (SSSR count). The number of aryl methyl sites for hydroxylation is 2. The average molecular weight is 308 g/mol. The highest BCUT2D eigenvalue weighted by molar-refractivity contribution is 7.15. The Morgan fingerprint density at radius 3 is 2.62 bits per heavy atom. The van der Waals surface area contributed by atoms with Crippen molar-refractivity contribution in [2.24, 2.45) is 5.41 Å². The minimum absolute atomic E-state index is 0.0621. The van der Waals surface area contributed by atoms with Gasteiger partial charge >= 0.3 is 5.97 Å². The highest BCUT2D eigenvalue weighted by atomic mass is 32.1.